The van der Waals surface area contributed by atoms with Crippen molar-refractivity contribution >= 4 is 29.5 Å². The molecule has 8 unspecified atom stereocenters. The van der Waals surface area contributed by atoms with Crippen LogP contribution in [0.1, 0.15) is 27.7 Å². The number of esters is 3. The van der Waals surface area contributed by atoms with Gasteiger partial charge >= 0.3 is 17.9 Å². The van der Waals surface area contributed by atoms with Crippen molar-refractivity contribution in [2.75, 3.05) is 0 Å². The second-order valence-electron chi connectivity index (χ2n) is 10.7. The zero-order chi connectivity index (χ0) is 22.7. The molecule has 0 aromatic carbocycles. The van der Waals surface area contributed by atoms with Crippen molar-refractivity contribution in [3.63, 3.8) is 0 Å². The van der Waals surface area contributed by atoms with Crippen LogP contribution in [0, 0.1) is 28.1 Å². The Balaban J connectivity index is 1.75. The Morgan fingerprint density at radius 3 is 2.26 bits per heavy atom. The average molecular weight is 459 g/mol. The maximum absolute atomic E-state index is 13.4. The Bertz CT molecular complexity index is 962. The monoisotopic (exact) mass is 458 g/mol. The number of fused-ring (bicyclic) bond motifs is 1. The van der Waals surface area contributed by atoms with Crippen LogP contribution in [-0.2, 0) is 33.3 Å². The lowest BCUT2D eigenvalue weighted by molar-refractivity contribution is -0.239. The van der Waals surface area contributed by atoms with E-state index in [9.17, 15) is 29.7 Å². The average Bonchev–Trinajstić information content (AvgIpc) is 3.35. The highest BCUT2D eigenvalue weighted by Gasteiger charge is 3.05. The van der Waals surface area contributed by atoms with Gasteiger partial charge in [-0.25, -0.2) is 9.59 Å². The first-order valence-electron chi connectivity index (χ1n) is 10.3. The summed E-state index contributed by atoms with van der Waals surface area (Å²) in [5, 5.41) is 33.9. The molecule has 12 atom stereocenters. The highest BCUT2D eigenvalue weighted by Crippen LogP contribution is 2.85. The molecule has 0 aromatic rings. The Morgan fingerprint density at radius 1 is 1.00 bits per heavy atom. The molecule has 11 heteroatoms. The minimum Gasteiger partial charge on any atom is -0.458 e. The van der Waals surface area contributed by atoms with Gasteiger partial charge in [0.15, 0.2) is 17.8 Å². The van der Waals surface area contributed by atoms with Crippen LogP contribution in [0.4, 0.5) is 0 Å². The number of aliphatic hydroxyl groups is 3. The van der Waals surface area contributed by atoms with Gasteiger partial charge < -0.3 is 34.3 Å². The lowest BCUT2D eigenvalue weighted by Crippen LogP contribution is -2.67. The number of hydrogen-bond donors (Lipinski definition) is 3. The van der Waals surface area contributed by atoms with E-state index in [1.807, 2.05) is 20.8 Å². The minimum atomic E-state index is -2.32. The van der Waals surface area contributed by atoms with Gasteiger partial charge in [0, 0.05) is 0 Å². The van der Waals surface area contributed by atoms with Crippen molar-refractivity contribution in [1.29, 1.82) is 0 Å². The summed E-state index contributed by atoms with van der Waals surface area (Å²) < 4.78 is 22.5. The van der Waals surface area contributed by atoms with Crippen LogP contribution in [0.3, 0.4) is 0 Å². The highest BCUT2D eigenvalue weighted by atomic mass is 35.5. The number of carbonyl (C=O) groups is 3. The molecule has 2 saturated carbocycles. The third kappa shape index (κ3) is 1.48. The van der Waals surface area contributed by atoms with Gasteiger partial charge in [0.2, 0.25) is 11.9 Å². The molecular weight excluding hydrogens is 436 g/mol. The second-order valence-corrected chi connectivity index (χ2v) is 11.2. The van der Waals surface area contributed by atoms with Crippen molar-refractivity contribution in [3.8, 4) is 0 Å². The van der Waals surface area contributed by atoms with Crippen molar-refractivity contribution in [3.05, 3.63) is 0 Å². The molecule has 31 heavy (non-hydrogen) atoms. The molecule has 0 radical (unpaired) electrons. The van der Waals surface area contributed by atoms with E-state index < -0.39 is 93.3 Å². The maximum Gasteiger partial charge on any atom is 0.343 e. The summed E-state index contributed by atoms with van der Waals surface area (Å²) in [6.45, 7) is 6.89. The molecule has 4 heterocycles. The zero-order valence-corrected chi connectivity index (χ0v) is 18.0. The number of hydrogen-bond acceptors (Lipinski definition) is 10. The number of halogens is 1. The topological polar surface area (TPSA) is 149 Å². The van der Waals surface area contributed by atoms with Crippen LogP contribution in [0.25, 0.3) is 0 Å². The number of rotatable bonds is 0. The van der Waals surface area contributed by atoms with E-state index >= 15 is 0 Å². The number of carbonyl (C=O) groups excluding carboxylic acids is 3. The van der Waals surface area contributed by atoms with Gasteiger partial charge in [0.1, 0.15) is 12.2 Å². The van der Waals surface area contributed by atoms with E-state index in [1.165, 1.54) is 6.92 Å². The Labute approximate surface area is 181 Å². The first-order valence-corrected chi connectivity index (χ1v) is 10.7. The fraction of sp³-hybridized carbons (Fsp3) is 0.850. The molecule has 0 amide bonds. The largest absolute Gasteiger partial charge is 0.458 e. The summed E-state index contributed by atoms with van der Waals surface area (Å²) in [5.74, 6) is -4.82. The van der Waals surface area contributed by atoms with Gasteiger partial charge in [-0.15, -0.1) is 11.6 Å². The molecule has 6 aliphatic rings. The van der Waals surface area contributed by atoms with Crippen LogP contribution in [0.15, 0.2) is 0 Å². The fourth-order valence-corrected chi connectivity index (χ4v) is 9.03. The quantitative estimate of drug-likeness (QED) is 0.231. The van der Waals surface area contributed by atoms with Gasteiger partial charge in [-0.1, -0.05) is 20.8 Å². The van der Waals surface area contributed by atoms with Gasteiger partial charge in [0.25, 0.3) is 0 Å². The summed E-state index contributed by atoms with van der Waals surface area (Å²) in [6, 6.07) is 0. The molecule has 0 aromatic heterocycles. The van der Waals surface area contributed by atoms with Crippen molar-refractivity contribution in [2.24, 2.45) is 28.1 Å². The highest BCUT2D eigenvalue weighted by molar-refractivity contribution is 6.22. The lowest BCUT2D eigenvalue weighted by atomic mass is 9.51. The first-order chi connectivity index (χ1) is 14.3. The minimum absolute atomic E-state index is 0.674. The standard InChI is InChI=1S/C20H23ClO10/c1-5-12(24)28-11-8(22)18-10-6(21)7(16(2,3)4)17(18)9(23)13(25)30-15(17)31-20(18,14(26)29-10)19(5,11)27/h5-11,15,22-23,27H,1-4H3/t5?,6?,7?,8?,9-,10?,11-,15?,17?,18?,19+,20-/m0/s1. The zero-order valence-electron chi connectivity index (χ0n) is 17.2. The second kappa shape index (κ2) is 5.04. The van der Waals surface area contributed by atoms with E-state index in [0.717, 1.165) is 0 Å². The molecule has 6 fully saturated rings. The van der Waals surface area contributed by atoms with Crippen molar-refractivity contribution in [1.82, 2.24) is 0 Å². The summed E-state index contributed by atoms with van der Waals surface area (Å²) in [5.41, 5.74) is -8.92. The fourth-order valence-electron chi connectivity index (χ4n) is 8.19. The summed E-state index contributed by atoms with van der Waals surface area (Å²) in [7, 11) is 0. The molecule has 4 aliphatic heterocycles. The third-order valence-corrected chi connectivity index (χ3v) is 9.39. The predicted octanol–water partition coefficient (Wildman–Crippen LogP) is -1.15. The summed E-state index contributed by atoms with van der Waals surface area (Å²) in [6.07, 6.45) is -7.77. The molecule has 6 rings (SSSR count). The van der Waals surface area contributed by atoms with Gasteiger partial charge in [-0.05, 0) is 18.3 Å². The third-order valence-electron chi connectivity index (χ3n) is 8.91. The van der Waals surface area contributed by atoms with Gasteiger partial charge in [0.05, 0.1) is 22.1 Å². The van der Waals surface area contributed by atoms with Gasteiger partial charge in [-0.3, -0.25) is 4.79 Å². The SMILES string of the molecule is CC1C(=O)O[C@H]2C(O)C34C5OC(=O)[C@@]3(OC3OC(=O)[C@H](O)C34C(C(C)(C)C)C5Cl)[C@@]12O. The molecule has 2 spiro atoms. The first kappa shape index (κ1) is 20.2. The van der Waals surface area contributed by atoms with Crippen molar-refractivity contribution in [2.45, 2.75) is 75.0 Å². The molecule has 4 saturated heterocycles. The van der Waals surface area contributed by atoms with E-state index in [-0.39, 0.29) is 0 Å². The summed E-state index contributed by atoms with van der Waals surface area (Å²) in [4.78, 5) is 38.4. The molecule has 170 valence electrons. The number of alkyl halides is 1. The Kier molecular flexibility index (Phi) is 3.28. The van der Waals surface area contributed by atoms with Crippen LogP contribution in [-0.4, -0.2) is 80.5 Å². The van der Waals surface area contributed by atoms with Crippen LogP contribution in [0.5, 0.6) is 0 Å². The van der Waals surface area contributed by atoms with Gasteiger partial charge in [-0.2, -0.15) is 0 Å². The molecule has 0 bridgehead atoms. The van der Waals surface area contributed by atoms with E-state index in [0.29, 0.717) is 0 Å². The molecule has 3 N–H and O–H groups in total. The number of ether oxygens (including phenoxy) is 4. The van der Waals surface area contributed by atoms with Crippen LogP contribution >= 0.6 is 11.6 Å². The Hall–Kier alpha value is -1.46. The smallest absolute Gasteiger partial charge is 0.343 e. The molecule has 10 nitrogen and oxygen atoms in total. The molecular formula is C20H23ClO10. The normalized spacial score (nSPS) is 61.0. The van der Waals surface area contributed by atoms with E-state index in [4.69, 9.17) is 30.5 Å². The maximum atomic E-state index is 13.4. The van der Waals surface area contributed by atoms with Crippen LogP contribution in [0.2, 0.25) is 0 Å². The van der Waals surface area contributed by atoms with E-state index in [2.05, 4.69) is 0 Å². The van der Waals surface area contributed by atoms with E-state index in [1.54, 1.807) is 0 Å². The van der Waals surface area contributed by atoms with Crippen molar-refractivity contribution < 1.29 is 48.7 Å². The lowest BCUT2D eigenvalue weighted by Gasteiger charge is -2.47. The summed E-state index contributed by atoms with van der Waals surface area (Å²) >= 11 is 6.88. The Morgan fingerprint density at radius 2 is 1.65 bits per heavy atom. The van der Waals surface area contributed by atoms with Crippen LogP contribution < -0.4 is 0 Å². The number of aliphatic hydroxyl groups excluding tert-OH is 2. The predicted molar refractivity (Wildman–Crippen MR) is 97.0 cm³/mol. The molecule has 2 aliphatic carbocycles.